The van der Waals surface area contributed by atoms with E-state index >= 15 is 0 Å². The molecule has 0 saturated carbocycles. The number of carbonyl (C=O) groups is 2. The molecular weight excluding hydrogens is 437 g/mol. The molecule has 4 N–H and O–H groups in total. The minimum absolute atomic E-state index is 0.0224. The number of nitrogens with zero attached hydrogens (tertiary/aromatic N) is 1. The smallest absolute Gasteiger partial charge is 0.416 e. The van der Waals surface area contributed by atoms with E-state index in [0.717, 1.165) is 24.4 Å². The Bertz CT molecular complexity index is 1180. The van der Waals surface area contributed by atoms with Crippen molar-refractivity contribution in [3.05, 3.63) is 90.1 Å². The second kappa shape index (κ2) is 9.86. The van der Waals surface area contributed by atoms with Gasteiger partial charge >= 0.3 is 6.18 Å². The molecule has 1 heterocycles. The fraction of sp³-hybridized carbons (Fsp3) is 0.0870. The number of nitrogens with one attached hydrogen (secondary N) is 3. The minimum Gasteiger partial charge on any atom is -0.507 e. The average Bonchev–Trinajstić information content (AvgIpc) is 2.79. The number of anilines is 3. The number of aromatic hydroxyl groups is 1. The van der Waals surface area contributed by atoms with E-state index < -0.39 is 23.6 Å². The van der Waals surface area contributed by atoms with Crippen LogP contribution < -0.4 is 16.0 Å². The van der Waals surface area contributed by atoms with Gasteiger partial charge in [0.15, 0.2) is 0 Å². The van der Waals surface area contributed by atoms with E-state index in [1.54, 1.807) is 24.3 Å². The maximum atomic E-state index is 12.8. The lowest BCUT2D eigenvalue weighted by Gasteiger charge is -2.11. The van der Waals surface area contributed by atoms with Crippen LogP contribution in [0.2, 0.25) is 0 Å². The van der Waals surface area contributed by atoms with E-state index in [1.807, 2.05) is 0 Å². The average molecular weight is 456 g/mol. The molecule has 0 aliphatic heterocycles. The summed E-state index contributed by atoms with van der Waals surface area (Å²) in [6.07, 6.45) is -2.32. The van der Waals surface area contributed by atoms with Gasteiger partial charge in [0.05, 0.1) is 11.1 Å². The zero-order valence-corrected chi connectivity index (χ0v) is 17.1. The third-order valence-corrected chi connectivity index (χ3v) is 4.46. The van der Waals surface area contributed by atoms with Crippen LogP contribution >= 0.6 is 0 Å². The van der Waals surface area contributed by atoms with Crippen LogP contribution in [-0.4, -0.2) is 21.9 Å². The van der Waals surface area contributed by atoms with Crippen molar-refractivity contribution in [2.75, 3.05) is 10.6 Å². The maximum Gasteiger partial charge on any atom is 0.416 e. The summed E-state index contributed by atoms with van der Waals surface area (Å²) in [6, 6.07) is 12.5. The van der Waals surface area contributed by atoms with Crippen LogP contribution in [0.15, 0.2) is 73.4 Å². The van der Waals surface area contributed by atoms with Crippen molar-refractivity contribution in [1.29, 1.82) is 0 Å². The Kier molecular flexibility index (Phi) is 6.97. The van der Waals surface area contributed by atoms with Crippen molar-refractivity contribution in [3.8, 4) is 5.75 Å². The van der Waals surface area contributed by atoms with Crippen molar-refractivity contribution < 1.29 is 27.9 Å². The number of hydrogen-bond donors (Lipinski definition) is 4. The molecule has 170 valence electrons. The standard InChI is InChI=1S/C23H19F3N4O3/c1-2-21(32)30-17-7-8-19(31)18(12-17)22(33)28-13-14-3-5-16(6-4-14)29-20-11-15(9-10-27-20)23(24,25)26/h2-12,31H,1,13H2,(H,27,29)(H,28,33)(H,30,32). The van der Waals surface area contributed by atoms with Crippen LogP contribution in [0.1, 0.15) is 21.5 Å². The zero-order chi connectivity index (χ0) is 24.0. The first-order valence-electron chi connectivity index (χ1n) is 9.59. The van der Waals surface area contributed by atoms with Gasteiger partial charge in [-0.3, -0.25) is 9.59 Å². The summed E-state index contributed by atoms with van der Waals surface area (Å²) >= 11 is 0. The van der Waals surface area contributed by atoms with Crippen LogP contribution in [0.3, 0.4) is 0 Å². The first-order chi connectivity index (χ1) is 15.7. The first-order valence-corrected chi connectivity index (χ1v) is 9.59. The Morgan fingerprint density at radius 1 is 1.03 bits per heavy atom. The van der Waals surface area contributed by atoms with E-state index in [9.17, 15) is 27.9 Å². The highest BCUT2D eigenvalue weighted by molar-refractivity contribution is 6.01. The summed E-state index contributed by atoms with van der Waals surface area (Å²) < 4.78 is 38.5. The minimum atomic E-state index is -4.47. The molecule has 3 rings (SSSR count). The van der Waals surface area contributed by atoms with Gasteiger partial charge in [-0.05, 0) is 54.1 Å². The van der Waals surface area contributed by atoms with Gasteiger partial charge in [-0.2, -0.15) is 13.2 Å². The number of benzene rings is 2. The lowest BCUT2D eigenvalue weighted by atomic mass is 10.1. The van der Waals surface area contributed by atoms with E-state index in [-0.39, 0.29) is 23.7 Å². The predicted molar refractivity (Wildman–Crippen MR) is 117 cm³/mol. The SMILES string of the molecule is C=CC(=O)Nc1ccc(O)c(C(=O)NCc2ccc(Nc3cc(C(F)(F)F)ccn3)cc2)c1. The van der Waals surface area contributed by atoms with Gasteiger partial charge in [-0.25, -0.2) is 4.98 Å². The summed E-state index contributed by atoms with van der Waals surface area (Å²) in [4.78, 5) is 27.7. The Morgan fingerprint density at radius 3 is 2.39 bits per heavy atom. The number of amides is 2. The molecule has 1 aromatic heterocycles. The number of rotatable bonds is 7. The molecule has 2 aromatic carbocycles. The fourth-order valence-electron chi connectivity index (χ4n) is 2.80. The molecule has 0 unspecified atom stereocenters. The van der Waals surface area contributed by atoms with Crippen LogP contribution in [0.25, 0.3) is 0 Å². The van der Waals surface area contributed by atoms with E-state index in [0.29, 0.717) is 16.9 Å². The lowest BCUT2D eigenvalue weighted by molar-refractivity contribution is -0.137. The van der Waals surface area contributed by atoms with Crippen molar-refractivity contribution in [3.63, 3.8) is 0 Å². The molecule has 0 aliphatic carbocycles. The number of carbonyl (C=O) groups excluding carboxylic acids is 2. The molecule has 7 nitrogen and oxygen atoms in total. The van der Waals surface area contributed by atoms with Crippen molar-refractivity contribution in [2.24, 2.45) is 0 Å². The predicted octanol–water partition coefficient (Wildman–Crippen LogP) is 4.60. The molecule has 0 bridgehead atoms. The molecule has 3 aromatic rings. The third kappa shape index (κ3) is 6.33. The summed E-state index contributed by atoms with van der Waals surface area (Å²) in [5.41, 5.74) is 0.713. The van der Waals surface area contributed by atoms with Crippen LogP contribution in [-0.2, 0) is 17.5 Å². The molecule has 33 heavy (non-hydrogen) atoms. The molecule has 2 amide bonds. The van der Waals surface area contributed by atoms with Gasteiger partial charge in [-0.15, -0.1) is 0 Å². The normalized spacial score (nSPS) is 10.9. The number of phenolic OH excluding ortho intramolecular Hbond substituents is 1. The zero-order valence-electron chi connectivity index (χ0n) is 17.1. The Balaban J connectivity index is 1.62. The molecule has 0 spiro atoms. The van der Waals surface area contributed by atoms with Crippen molar-refractivity contribution >= 4 is 29.0 Å². The van der Waals surface area contributed by atoms with Gasteiger partial charge in [0.25, 0.3) is 5.91 Å². The fourth-order valence-corrected chi connectivity index (χ4v) is 2.80. The van der Waals surface area contributed by atoms with Gasteiger partial charge in [0.2, 0.25) is 5.91 Å². The second-order valence-electron chi connectivity index (χ2n) is 6.86. The summed E-state index contributed by atoms with van der Waals surface area (Å²) in [5.74, 6) is -1.22. The quantitative estimate of drug-likeness (QED) is 0.307. The number of aromatic nitrogens is 1. The number of hydrogen-bond acceptors (Lipinski definition) is 5. The third-order valence-electron chi connectivity index (χ3n) is 4.46. The first kappa shape index (κ1) is 23.3. The monoisotopic (exact) mass is 456 g/mol. The lowest BCUT2D eigenvalue weighted by Crippen LogP contribution is -2.23. The van der Waals surface area contributed by atoms with Crippen LogP contribution in [0.5, 0.6) is 5.75 Å². The van der Waals surface area contributed by atoms with Crippen molar-refractivity contribution in [1.82, 2.24) is 10.3 Å². The topological polar surface area (TPSA) is 103 Å². The Hall–Kier alpha value is -4.34. The van der Waals surface area contributed by atoms with Gasteiger partial charge in [0.1, 0.15) is 11.6 Å². The van der Waals surface area contributed by atoms with E-state index in [2.05, 4.69) is 27.5 Å². The Labute approximate surface area is 187 Å². The van der Waals surface area contributed by atoms with Gasteiger partial charge in [-0.1, -0.05) is 18.7 Å². The van der Waals surface area contributed by atoms with Crippen LogP contribution in [0, 0.1) is 0 Å². The number of alkyl halides is 3. The number of phenols is 1. The molecular formula is C23H19F3N4O3. The summed E-state index contributed by atoms with van der Waals surface area (Å²) in [7, 11) is 0. The van der Waals surface area contributed by atoms with E-state index in [1.165, 1.54) is 18.2 Å². The Morgan fingerprint density at radius 2 is 1.73 bits per heavy atom. The van der Waals surface area contributed by atoms with Gasteiger partial charge in [0, 0.05) is 24.1 Å². The highest BCUT2D eigenvalue weighted by Gasteiger charge is 2.30. The van der Waals surface area contributed by atoms with Crippen LogP contribution in [0.4, 0.5) is 30.4 Å². The highest BCUT2D eigenvalue weighted by Crippen LogP contribution is 2.30. The molecule has 0 fully saturated rings. The second-order valence-corrected chi connectivity index (χ2v) is 6.86. The molecule has 10 heteroatoms. The largest absolute Gasteiger partial charge is 0.507 e. The maximum absolute atomic E-state index is 12.8. The van der Waals surface area contributed by atoms with E-state index in [4.69, 9.17) is 0 Å². The molecule has 0 aliphatic rings. The molecule has 0 radical (unpaired) electrons. The van der Waals surface area contributed by atoms with Crippen molar-refractivity contribution in [2.45, 2.75) is 12.7 Å². The van der Waals surface area contributed by atoms with Gasteiger partial charge < -0.3 is 21.1 Å². The highest BCUT2D eigenvalue weighted by atomic mass is 19.4. The number of pyridine rings is 1. The summed E-state index contributed by atoms with van der Waals surface area (Å²) in [5, 5.41) is 17.9. The molecule has 0 saturated heterocycles. The molecule has 0 atom stereocenters. The summed E-state index contributed by atoms with van der Waals surface area (Å²) in [6.45, 7) is 3.47. The number of halogens is 3.